The Kier molecular flexibility index (Phi) is 7.92. The van der Waals surface area contributed by atoms with Crippen LogP contribution in [0.3, 0.4) is 0 Å². The third kappa shape index (κ3) is 5.72. The van der Waals surface area contributed by atoms with Crippen LogP contribution in [0.4, 0.5) is 0 Å². The minimum Gasteiger partial charge on any atom is -0.497 e. The monoisotopic (exact) mass is 548 g/mol. The lowest BCUT2D eigenvalue weighted by atomic mass is 10.2. The summed E-state index contributed by atoms with van der Waals surface area (Å²) in [6, 6.07) is 8.95. The van der Waals surface area contributed by atoms with E-state index in [1.165, 1.54) is 6.21 Å². The summed E-state index contributed by atoms with van der Waals surface area (Å²) < 4.78 is 18.0. The number of carbonyl (C=O) groups is 1. The smallest absolute Gasteiger partial charge is 0.277 e. The fourth-order valence-electron chi connectivity index (χ4n) is 1.90. The number of carbonyl (C=O) groups excluding carboxylic acids is 1. The van der Waals surface area contributed by atoms with Gasteiger partial charge in [-0.25, -0.2) is 5.43 Å². The van der Waals surface area contributed by atoms with E-state index < -0.39 is 0 Å². The molecule has 0 saturated heterocycles. The van der Waals surface area contributed by atoms with E-state index in [2.05, 4.69) is 58.3 Å². The van der Waals surface area contributed by atoms with E-state index in [4.69, 9.17) is 14.2 Å². The molecule has 1 amide bonds. The number of hydrazone groups is 1. The standard InChI is InChI=1S/C17H15Br3N2O4/c1-24-11-6-13(19)17(14(20)7-11)26-9-16(23)22-21-8-10-3-4-15(25-2)12(18)5-10/h3-8H,9H2,1-2H3,(H,22,23)/b21-8+. The van der Waals surface area contributed by atoms with Gasteiger partial charge in [-0.1, -0.05) is 0 Å². The molecular weight excluding hydrogens is 536 g/mol. The second kappa shape index (κ2) is 9.94. The van der Waals surface area contributed by atoms with Crippen molar-refractivity contribution >= 4 is 59.9 Å². The Labute approximate surface area is 176 Å². The van der Waals surface area contributed by atoms with Gasteiger partial charge in [0.25, 0.3) is 5.91 Å². The Hall–Kier alpha value is -1.58. The third-order valence-corrected chi connectivity index (χ3v) is 4.93. The Morgan fingerprint density at radius 1 is 1.08 bits per heavy atom. The van der Waals surface area contributed by atoms with E-state index in [1.807, 2.05) is 12.1 Å². The zero-order valence-corrected chi connectivity index (χ0v) is 18.6. The Morgan fingerprint density at radius 2 is 1.77 bits per heavy atom. The average molecular weight is 551 g/mol. The van der Waals surface area contributed by atoms with Crippen LogP contribution in [0.5, 0.6) is 17.2 Å². The molecule has 0 aliphatic rings. The Balaban J connectivity index is 1.90. The number of hydrogen-bond acceptors (Lipinski definition) is 5. The lowest BCUT2D eigenvalue weighted by Crippen LogP contribution is -2.24. The minimum atomic E-state index is -0.386. The molecule has 0 aromatic heterocycles. The number of halogens is 3. The SMILES string of the molecule is COc1cc(Br)c(OCC(=O)N/N=C/c2ccc(OC)c(Br)c2)c(Br)c1. The maximum atomic E-state index is 11.9. The minimum absolute atomic E-state index is 0.187. The highest BCUT2D eigenvalue weighted by molar-refractivity contribution is 9.11. The summed E-state index contributed by atoms with van der Waals surface area (Å²) in [5.74, 6) is 1.50. The second-order valence-corrected chi connectivity index (χ2v) is 7.46. The van der Waals surface area contributed by atoms with Crippen molar-refractivity contribution in [3.63, 3.8) is 0 Å². The summed E-state index contributed by atoms with van der Waals surface area (Å²) in [4.78, 5) is 11.9. The molecule has 6 nitrogen and oxygen atoms in total. The normalized spacial score (nSPS) is 10.7. The van der Waals surface area contributed by atoms with E-state index in [0.29, 0.717) is 20.4 Å². The molecule has 0 heterocycles. The molecule has 2 aromatic carbocycles. The van der Waals surface area contributed by atoms with Gasteiger partial charge in [0.1, 0.15) is 17.2 Å². The van der Waals surface area contributed by atoms with Crippen molar-refractivity contribution in [2.24, 2.45) is 5.10 Å². The van der Waals surface area contributed by atoms with Gasteiger partial charge in [-0.2, -0.15) is 5.10 Å². The van der Waals surface area contributed by atoms with Gasteiger partial charge in [0.15, 0.2) is 6.61 Å². The van der Waals surface area contributed by atoms with Crippen molar-refractivity contribution in [1.29, 1.82) is 0 Å². The molecule has 0 spiro atoms. The summed E-state index contributed by atoms with van der Waals surface area (Å²) in [7, 11) is 3.16. The molecule has 0 bridgehead atoms. The zero-order valence-electron chi connectivity index (χ0n) is 13.9. The second-order valence-electron chi connectivity index (χ2n) is 4.90. The maximum Gasteiger partial charge on any atom is 0.277 e. The van der Waals surface area contributed by atoms with Crippen LogP contribution in [0, 0.1) is 0 Å². The summed E-state index contributed by atoms with van der Waals surface area (Å²) in [6.07, 6.45) is 1.53. The quantitative estimate of drug-likeness (QED) is 0.406. The number of nitrogens with one attached hydrogen (secondary N) is 1. The van der Waals surface area contributed by atoms with E-state index >= 15 is 0 Å². The van der Waals surface area contributed by atoms with Crippen molar-refractivity contribution in [2.45, 2.75) is 0 Å². The fourth-order valence-corrected chi connectivity index (χ4v) is 3.84. The van der Waals surface area contributed by atoms with Gasteiger partial charge >= 0.3 is 0 Å². The molecule has 2 rings (SSSR count). The largest absolute Gasteiger partial charge is 0.497 e. The molecule has 0 aliphatic heterocycles. The first kappa shape index (κ1) is 20.7. The van der Waals surface area contributed by atoms with Crippen LogP contribution in [0.25, 0.3) is 0 Å². The highest BCUT2D eigenvalue weighted by atomic mass is 79.9. The molecule has 0 radical (unpaired) electrons. The van der Waals surface area contributed by atoms with Gasteiger partial charge in [0, 0.05) is 0 Å². The van der Waals surface area contributed by atoms with E-state index in [0.717, 1.165) is 15.8 Å². The summed E-state index contributed by atoms with van der Waals surface area (Å²) in [5, 5.41) is 3.91. The molecule has 0 atom stereocenters. The number of amides is 1. The first-order valence-electron chi connectivity index (χ1n) is 7.26. The van der Waals surface area contributed by atoms with Crippen LogP contribution >= 0.6 is 47.8 Å². The van der Waals surface area contributed by atoms with Crippen LogP contribution in [0.15, 0.2) is 48.9 Å². The number of ether oxygens (including phenoxy) is 3. The summed E-state index contributed by atoms with van der Waals surface area (Å²) >= 11 is 10.1. The topological polar surface area (TPSA) is 69.2 Å². The molecule has 1 N–H and O–H groups in total. The van der Waals surface area contributed by atoms with Gasteiger partial charge in [0.05, 0.1) is 33.9 Å². The number of nitrogens with zero attached hydrogens (tertiary/aromatic N) is 1. The summed E-state index contributed by atoms with van der Waals surface area (Å²) in [6.45, 7) is -0.187. The van der Waals surface area contributed by atoms with Gasteiger partial charge in [-0.3, -0.25) is 4.79 Å². The zero-order chi connectivity index (χ0) is 19.1. The predicted octanol–water partition coefficient (Wildman–Crippen LogP) is 4.52. The van der Waals surface area contributed by atoms with E-state index in [1.54, 1.807) is 32.4 Å². The van der Waals surface area contributed by atoms with Gasteiger partial charge in [0.2, 0.25) is 0 Å². The molecule has 0 unspecified atom stereocenters. The fraction of sp³-hybridized carbons (Fsp3) is 0.176. The van der Waals surface area contributed by atoms with Crippen LogP contribution in [0.1, 0.15) is 5.56 Å². The van der Waals surface area contributed by atoms with Crippen molar-refractivity contribution in [1.82, 2.24) is 5.43 Å². The lowest BCUT2D eigenvalue weighted by Gasteiger charge is -2.11. The predicted molar refractivity (Wildman–Crippen MR) is 110 cm³/mol. The first-order valence-corrected chi connectivity index (χ1v) is 9.63. The third-order valence-electron chi connectivity index (χ3n) is 3.13. The number of rotatable bonds is 7. The average Bonchev–Trinajstić information content (AvgIpc) is 2.61. The number of hydrogen-bond donors (Lipinski definition) is 1. The highest BCUT2D eigenvalue weighted by Crippen LogP contribution is 2.37. The summed E-state index contributed by atoms with van der Waals surface area (Å²) in [5.41, 5.74) is 3.22. The van der Waals surface area contributed by atoms with Crippen molar-refractivity contribution in [3.8, 4) is 17.2 Å². The maximum absolute atomic E-state index is 11.9. The molecule has 9 heteroatoms. The number of methoxy groups -OCH3 is 2. The molecule has 138 valence electrons. The first-order chi connectivity index (χ1) is 12.4. The molecule has 2 aromatic rings. The Morgan fingerprint density at radius 3 is 2.35 bits per heavy atom. The van der Waals surface area contributed by atoms with Crippen LogP contribution < -0.4 is 19.6 Å². The van der Waals surface area contributed by atoms with Gasteiger partial charge in [-0.05, 0) is 83.7 Å². The molecule has 26 heavy (non-hydrogen) atoms. The van der Waals surface area contributed by atoms with Gasteiger partial charge in [-0.15, -0.1) is 0 Å². The molecule has 0 aliphatic carbocycles. The number of benzene rings is 2. The molecular formula is C17H15Br3N2O4. The van der Waals surface area contributed by atoms with E-state index in [9.17, 15) is 4.79 Å². The van der Waals surface area contributed by atoms with E-state index in [-0.39, 0.29) is 12.5 Å². The highest BCUT2D eigenvalue weighted by Gasteiger charge is 2.11. The van der Waals surface area contributed by atoms with Crippen LogP contribution in [0.2, 0.25) is 0 Å². The Bertz CT molecular complexity index is 805. The van der Waals surface area contributed by atoms with Crippen molar-refractivity contribution < 1.29 is 19.0 Å². The molecule has 0 fully saturated rings. The van der Waals surface area contributed by atoms with Crippen LogP contribution in [-0.4, -0.2) is 32.9 Å². The van der Waals surface area contributed by atoms with Crippen molar-refractivity contribution in [3.05, 3.63) is 49.3 Å². The van der Waals surface area contributed by atoms with Crippen LogP contribution in [-0.2, 0) is 4.79 Å². The van der Waals surface area contributed by atoms with Crippen molar-refractivity contribution in [2.75, 3.05) is 20.8 Å². The lowest BCUT2D eigenvalue weighted by molar-refractivity contribution is -0.123. The van der Waals surface area contributed by atoms with Gasteiger partial charge < -0.3 is 14.2 Å². The molecule has 0 saturated carbocycles.